The molecular formula is C23H26FN5. The van der Waals surface area contributed by atoms with E-state index in [1.165, 1.54) is 24.5 Å². The number of piperidine rings is 1. The fourth-order valence-corrected chi connectivity index (χ4v) is 4.56. The van der Waals surface area contributed by atoms with Gasteiger partial charge in [0.15, 0.2) is 0 Å². The number of benzene rings is 2. The lowest BCUT2D eigenvalue weighted by molar-refractivity contribution is 0.194. The van der Waals surface area contributed by atoms with Gasteiger partial charge in [-0.25, -0.2) is 4.39 Å². The van der Waals surface area contributed by atoms with Crippen LogP contribution in [0, 0.1) is 5.82 Å². The van der Waals surface area contributed by atoms with Crippen LogP contribution in [0.3, 0.4) is 0 Å². The van der Waals surface area contributed by atoms with Gasteiger partial charge >= 0.3 is 0 Å². The average Bonchev–Trinajstić information content (AvgIpc) is 3.19. The van der Waals surface area contributed by atoms with Crippen molar-refractivity contribution in [1.82, 2.24) is 25.0 Å². The van der Waals surface area contributed by atoms with Gasteiger partial charge in [-0.2, -0.15) is 0 Å². The monoisotopic (exact) mass is 391 g/mol. The number of hydrogen-bond acceptors (Lipinski definition) is 4. The van der Waals surface area contributed by atoms with E-state index in [1.54, 1.807) is 12.1 Å². The van der Waals surface area contributed by atoms with E-state index in [2.05, 4.69) is 49.2 Å². The summed E-state index contributed by atoms with van der Waals surface area (Å²) in [5.41, 5.74) is 3.26. The summed E-state index contributed by atoms with van der Waals surface area (Å²) in [7, 11) is 0. The highest BCUT2D eigenvalue weighted by Gasteiger charge is 2.27. The van der Waals surface area contributed by atoms with Gasteiger partial charge in [-0.1, -0.05) is 36.4 Å². The number of hydrogen-bond donors (Lipinski definition) is 1. The van der Waals surface area contributed by atoms with E-state index in [1.807, 2.05) is 6.07 Å². The molecule has 29 heavy (non-hydrogen) atoms. The quantitative estimate of drug-likeness (QED) is 0.739. The zero-order chi connectivity index (χ0) is 19.6. The Hall–Kier alpha value is -2.57. The molecule has 6 heteroatoms. The van der Waals surface area contributed by atoms with Crippen molar-refractivity contribution in [1.29, 1.82) is 0 Å². The van der Waals surface area contributed by atoms with E-state index in [0.717, 1.165) is 62.0 Å². The van der Waals surface area contributed by atoms with Crippen LogP contribution >= 0.6 is 0 Å². The fourth-order valence-electron chi connectivity index (χ4n) is 4.56. The van der Waals surface area contributed by atoms with Crippen LogP contribution in [0.2, 0.25) is 0 Å². The van der Waals surface area contributed by atoms with Crippen molar-refractivity contribution in [3.63, 3.8) is 0 Å². The van der Waals surface area contributed by atoms with Gasteiger partial charge in [0.05, 0.1) is 6.54 Å². The van der Waals surface area contributed by atoms with E-state index in [4.69, 9.17) is 0 Å². The van der Waals surface area contributed by atoms with Crippen molar-refractivity contribution in [2.45, 2.75) is 38.4 Å². The lowest BCUT2D eigenvalue weighted by Crippen LogP contribution is -2.36. The predicted octanol–water partition coefficient (Wildman–Crippen LogP) is 3.57. The van der Waals surface area contributed by atoms with Crippen LogP contribution < -0.4 is 5.32 Å². The van der Waals surface area contributed by atoms with Gasteiger partial charge in [-0.05, 0) is 48.2 Å². The Balaban J connectivity index is 1.26. The molecule has 3 aromatic rings. The second kappa shape index (κ2) is 8.05. The fraction of sp³-hybridized carbons (Fsp3) is 0.391. The van der Waals surface area contributed by atoms with E-state index < -0.39 is 0 Å². The molecule has 1 fully saturated rings. The number of likely N-dealkylation sites (tertiary alicyclic amines) is 1. The summed E-state index contributed by atoms with van der Waals surface area (Å²) in [5.74, 6) is 2.48. The number of nitrogens with zero attached hydrogens (tertiary/aromatic N) is 4. The molecule has 1 N–H and O–H groups in total. The molecule has 0 saturated carbocycles. The lowest BCUT2D eigenvalue weighted by atomic mass is 9.96. The number of rotatable bonds is 4. The summed E-state index contributed by atoms with van der Waals surface area (Å²) >= 11 is 0. The third-order valence-electron chi connectivity index (χ3n) is 6.04. The van der Waals surface area contributed by atoms with Crippen LogP contribution in [-0.4, -0.2) is 39.3 Å². The van der Waals surface area contributed by atoms with Crippen molar-refractivity contribution in [3.05, 3.63) is 71.6 Å². The van der Waals surface area contributed by atoms with Gasteiger partial charge in [0.1, 0.15) is 17.5 Å². The minimum absolute atomic E-state index is 0.197. The molecule has 3 heterocycles. The smallest absolute Gasteiger partial charge is 0.147 e. The van der Waals surface area contributed by atoms with E-state index in [-0.39, 0.29) is 5.82 Å². The molecule has 2 aliphatic rings. The maximum Gasteiger partial charge on any atom is 0.147 e. The molecule has 2 aromatic carbocycles. The molecule has 1 unspecified atom stereocenters. The highest BCUT2D eigenvalue weighted by molar-refractivity contribution is 5.63. The van der Waals surface area contributed by atoms with Crippen LogP contribution in [0.25, 0.3) is 11.1 Å². The maximum atomic E-state index is 13.5. The Kier molecular flexibility index (Phi) is 5.12. The van der Waals surface area contributed by atoms with Crippen molar-refractivity contribution in [2.75, 3.05) is 19.6 Å². The topological polar surface area (TPSA) is 46.0 Å². The zero-order valence-electron chi connectivity index (χ0n) is 16.5. The summed E-state index contributed by atoms with van der Waals surface area (Å²) in [5, 5.41) is 12.3. The first-order chi connectivity index (χ1) is 14.3. The molecule has 2 aliphatic heterocycles. The highest BCUT2D eigenvalue weighted by atomic mass is 19.1. The van der Waals surface area contributed by atoms with Crippen molar-refractivity contribution in [3.8, 4) is 11.1 Å². The number of halogens is 1. The first-order valence-electron chi connectivity index (χ1n) is 10.5. The molecule has 0 amide bonds. The van der Waals surface area contributed by atoms with Crippen LogP contribution in [0.15, 0.2) is 48.5 Å². The van der Waals surface area contributed by atoms with Gasteiger partial charge in [0.2, 0.25) is 0 Å². The Labute approximate surface area is 170 Å². The maximum absolute atomic E-state index is 13.5. The predicted molar refractivity (Wildman–Crippen MR) is 111 cm³/mol. The van der Waals surface area contributed by atoms with Crippen LogP contribution in [0.1, 0.15) is 36.0 Å². The third-order valence-corrected chi connectivity index (χ3v) is 6.04. The van der Waals surface area contributed by atoms with Gasteiger partial charge in [-0.3, -0.25) is 4.90 Å². The lowest BCUT2D eigenvalue weighted by Gasteiger charge is -2.32. The molecule has 0 spiro atoms. The van der Waals surface area contributed by atoms with Crippen molar-refractivity contribution >= 4 is 0 Å². The standard InChI is InChI=1S/C23H26FN5/c24-21-5-1-3-19(13-21)18-8-6-17(7-9-18)15-28-11-2-4-20(16-28)23-27-26-22-14-25-10-12-29(22)23/h1,3,5-9,13,20,25H,2,4,10-12,14-16H2. The summed E-state index contributed by atoms with van der Waals surface area (Å²) in [6.07, 6.45) is 2.37. The Morgan fingerprint density at radius 1 is 1.03 bits per heavy atom. The van der Waals surface area contributed by atoms with Gasteiger partial charge in [0, 0.05) is 32.1 Å². The molecule has 150 valence electrons. The van der Waals surface area contributed by atoms with Crippen LogP contribution in [0.4, 0.5) is 4.39 Å². The molecule has 1 atom stereocenters. The van der Waals surface area contributed by atoms with Crippen molar-refractivity contribution in [2.24, 2.45) is 0 Å². The first-order valence-corrected chi connectivity index (χ1v) is 10.5. The Morgan fingerprint density at radius 2 is 1.93 bits per heavy atom. The minimum Gasteiger partial charge on any atom is -0.312 e. The van der Waals surface area contributed by atoms with Crippen LogP contribution in [-0.2, 0) is 19.6 Å². The van der Waals surface area contributed by atoms with E-state index in [9.17, 15) is 4.39 Å². The van der Waals surface area contributed by atoms with E-state index in [0.29, 0.717) is 5.92 Å². The second-order valence-electron chi connectivity index (χ2n) is 8.08. The van der Waals surface area contributed by atoms with Gasteiger partial charge in [-0.15, -0.1) is 10.2 Å². The Morgan fingerprint density at radius 3 is 2.79 bits per heavy atom. The number of aromatic nitrogens is 3. The molecule has 5 rings (SSSR count). The summed E-state index contributed by atoms with van der Waals surface area (Å²) < 4.78 is 15.8. The molecule has 5 nitrogen and oxygen atoms in total. The molecule has 0 radical (unpaired) electrons. The molecule has 1 saturated heterocycles. The molecule has 0 aliphatic carbocycles. The van der Waals surface area contributed by atoms with Gasteiger partial charge < -0.3 is 9.88 Å². The number of nitrogens with one attached hydrogen (secondary N) is 1. The molecule has 1 aromatic heterocycles. The normalized spacial score (nSPS) is 19.8. The third kappa shape index (κ3) is 3.95. The van der Waals surface area contributed by atoms with Crippen LogP contribution in [0.5, 0.6) is 0 Å². The summed E-state index contributed by atoms with van der Waals surface area (Å²) in [6, 6.07) is 15.3. The minimum atomic E-state index is -0.197. The molecule has 0 bridgehead atoms. The van der Waals surface area contributed by atoms with E-state index >= 15 is 0 Å². The summed E-state index contributed by atoms with van der Waals surface area (Å²) in [4.78, 5) is 2.52. The summed E-state index contributed by atoms with van der Waals surface area (Å²) in [6.45, 7) is 5.85. The van der Waals surface area contributed by atoms with Crippen molar-refractivity contribution < 1.29 is 4.39 Å². The first kappa shape index (κ1) is 18.5. The average molecular weight is 391 g/mol. The Bertz CT molecular complexity index is 981. The molecular weight excluding hydrogens is 365 g/mol. The second-order valence-corrected chi connectivity index (χ2v) is 8.08. The zero-order valence-corrected chi connectivity index (χ0v) is 16.5. The van der Waals surface area contributed by atoms with Gasteiger partial charge in [0.25, 0.3) is 0 Å². The SMILES string of the molecule is Fc1cccc(-c2ccc(CN3CCCC(c4nnc5n4CCNC5)C3)cc2)c1. The highest BCUT2D eigenvalue weighted by Crippen LogP contribution is 2.28. The largest absolute Gasteiger partial charge is 0.312 e. The number of fused-ring (bicyclic) bond motifs is 1.